The molecule has 0 radical (unpaired) electrons. The number of halogens is 1. The lowest BCUT2D eigenvalue weighted by atomic mass is 10.2. The van der Waals surface area contributed by atoms with E-state index in [1.807, 2.05) is 34.7 Å². The van der Waals surface area contributed by atoms with Gasteiger partial charge < -0.3 is 14.4 Å². The first-order chi connectivity index (χ1) is 15.6. The van der Waals surface area contributed by atoms with Crippen LogP contribution in [0.2, 0.25) is 0 Å². The van der Waals surface area contributed by atoms with E-state index >= 15 is 0 Å². The summed E-state index contributed by atoms with van der Waals surface area (Å²) in [6.07, 6.45) is 0. The van der Waals surface area contributed by atoms with Gasteiger partial charge in [-0.3, -0.25) is 4.79 Å². The molecule has 0 bridgehead atoms. The number of hydrogen-bond acceptors (Lipinski definition) is 6. The van der Waals surface area contributed by atoms with Crippen LogP contribution < -0.4 is 4.90 Å². The van der Waals surface area contributed by atoms with Crippen LogP contribution >= 0.6 is 23.5 Å². The van der Waals surface area contributed by atoms with Crippen LogP contribution in [0.15, 0.2) is 59.8 Å². The number of carbonyl (C=O) groups is 1. The Balaban J connectivity index is 1.21. The van der Waals surface area contributed by atoms with Crippen LogP contribution in [0.4, 0.5) is 10.1 Å². The van der Waals surface area contributed by atoms with Crippen molar-refractivity contribution >= 4 is 35.1 Å². The Labute approximate surface area is 196 Å². The predicted molar refractivity (Wildman–Crippen MR) is 128 cm³/mol. The number of carbonyl (C=O) groups excluding carboxylic acids is 1. The second-order valence-corrected chi connectivity index (χ2v) is 9.50. The molecule has 0 saturated carbocycles. The zero-order chi connectivity index (χ0) is 22.3. The highest BCUT2D eigenvalue weighted by molar-refractivity contribution is 7.99. The fourth-order valence-corrected chi connectivity index (χ4v) is 5.30. The number of thioether (sulfide) groups is 2. The highest BCUT2D eigenvalue weighted by Crippen LogP contribution is 2.22. The third kappa shape index (κ3) is 5.83. The lowest BCUT2D eigenvalue weighted by Crippen LogP contribution is -2.49. The van der Waals surface area contributed by atoms with Crippen molar-refractivity contribution in [3.63, 3.8) is 0 Å². The zero-order valence-corrected chi connectivity index (χ0v) is 19.6. The minimum absolute atomic E-state index is 0.137. The first-order valence-electron chi connectivity index (χ1n) is 10.5. The Morgan fingerprint density at radius 1 is 0.969 bits per heavy atom. The zero-order valence-electron chi connectivity index (χ0n) is 18.0. The lowest BCUT2D eigenvalue weighted by molar-refractivity contribution is -0.128. The minimum Gasteiger partial charge on any atom is -0.368 e. The molecule has 3 aromatic rings. The van der Waals surface area contributed by atoms with Crippen LogP contribution in [0.3, 0.4) is 0 Å². The van der Waals surface area contributed by atoms with Crippen molar-refractivity contribution in [2.24, 2.45) is 7.05 Å². The second kappa shape index (κ2) is 10.9. The summed E-state index contributed by atoms with van der Waals surface area (Å²) in [6.45, 7) is 3.16. The first-order valence-corrected chi connectivity index (χ1v) is 12.7. The number of nitrogens with zero attached hydrogens (tertiary/aromatic N) is 5. The topological polar surface area (TPSA) is 54.3 Å². The Hall–Kier alpha value is -2.52. The van der Waals surface area contributed by atoms with E-state index in [9.17, 15) is 9.18 Å². The Kier molecular flexibility index (Phi) is 7.70. The summed E-state index contributed by atoms with van der Waals surface area (Å²) in [5, 5.41) is 9.28. The molecule has 1 amide bonds. The normalized spacial score (nSPS) is 14.1. The summed E-state index contributed by atoms with van der Waals surface area (Å²) in [5.74, 6) is 2.63. The van der Waals surface area contributed by atoms with Crippen molar-refractivity contribution in [2.45, 2.75) is 16.7 Å². The molecule has 9 heteroatoms. The van der Waals surface area contributed by atoms with Gasteiger partial charge in [-0.05, 0) is 29.8 Å². The minimum atomic E-state index is -0.221. The molecule has 168 valence electrons. The summed E-state index contributed by atoms with van der Waals surface area (Å²) in [5.41, 5.74) is 2.28. The van der Waals surface area contributed by atoms with Gasteiger partial charge in [-0.2, -0.15) is 0 Å². The molecule has 0 unspecified atom stereocenters. The Morgan fingerprint density at radius 2 is 1.69 bits per heavy atom. The number of piperazine rings is 1. The van der Waals surface area contributed by atoms with Gasteiger partial charge in [0, 0.05) is 44.7 Å². The van der Waals surface area contributed by atoms with Crippen LogP contribution in [0.25, 0.3) is 0 Å². The molecule has 1 aromatic heterocycles. The molecule has 0 spiro atoms. The molecule has 1 aliphatic heterocycles. The largest absolute Gasteiger partial charge is 0.368 e. The van der Waals surface area contributed by atoms with E-state index in [0.29, 0.717) is 11.5 Å². The van der Waals surface area contributed by atoms with Crippen molar-refractivity contribution in [2.75, 3.05) is 36.8 Å². The molecule has 0 atom stereocenters. The van der Waals surface area contributed by atoms with E-state index in [1.54, 1.807) is 23.9 Å². The standard InChI is InChI=1S/C23H26FN5OS2/c1-27-21(16-31-15-18-7-9-19(24)10-8-18)25-26-23(27)32-17-22(30)29-13-11-28(12-14-29)20-5-3-2-4-6-20/h2-10H,11-17H2,1H3. The van der Waals surface area contributed by atoms with Crippen LogP contribution in [-0.4, -0.2) is 57.5 Å². The van der Waals surface area contributed by atoms with Gasteiger partial charge in [0.25, 0.3) is 0 Å². The molecule has 6 nitrogen and oxygen atoms in total. The van der Waals surface area contributed by atoms with Gasteiger partial charge in [0.1, 0.15) is 11.6 Å². The highest BCUT2D eigenvalue weighted by Gasteiger charge is 2.22. The van der Waals surface area contributed by atoms with Crippen LogP contribution in [-0.2, 0) is 23.3 Å². The third-order valence-electron chi connectivity index (χ3n) is 5.42. The lowest BCUT2D eigenvalue weighted by Gasteiger charge is -2.36. The molecule has 2 heterocycles. The van der Waals surface area contributed by atoms with Gasteiger partial charge in [0.2, 0.25) is 5.91 Å². The summed E-state index contributed by atoms with van der Waals surface area (Å²) >= 11 is 3.14. The fraction of sp³-hybridized carbons (Fsp3) is 0.348. The van der Waals surface area contributed by atoms with Crippen molar-refractivity contribution in [3.05, 3.63) is 71.8 Å². The maximum absolute atomic E-state index is 13.0. The van der Waals surface area contributed by atoms with Crippen LogP contribution in [0, 0.1) is 5.82 Å². The number of rotatable bonds is 8. The second-order valence-electron chi connectivity index (χ2n) is 7.57. The van der Waals surface area contributed by atoms with Crippen molar-refractivity contribution in [1.82, 2.24) is 19.7 Å². The molecular formula is C23H26FN5OS2. The third-order valence-corrected chi connectivity index (χ3v) is 7.42. The fourth-order valence-electron chi connectivity index (χ4n) is 3.51. The molecule has 4 rings (SSSR count). The molecule has 1 saturated heterocycles. The van der Waals surface area contributed by atoms with Gasteiger partial charge in [0.05, 0.1) is 11.5 Å². The molecular weight excluding hydrogens is 445 g/mol. The highest BCUT2D eigenvalue weighted by atomic mass is 32.2. The number of benzene rings is 2. The SMILES string of the molecule is Cn1c(CSCc2ccc(F)cc2)nnc1SCC(=O)N1CCN(c2ccccc2)CC1. The van der Waals surface area contributed by atoms with Gasteiger partial charge in [-0.1, -0.05) is 42.1 Å². The number of amides is 1. The van der Waals surface area contributed by atoms with Crippen molar-refractivity contribution in [1.29, 1.82) is 0 Å². The Morgan fingerprint density at radius 3 is 2.41 bits per heavy atom. The van der Waals surface area contributed by atoms with Crippen LogP contribution in [0.5, 0.6) is 0 Å². The maximum atomic E-state index is 13.0. The predicted octanol–water partition coefficient (Wildman–Crippen LogP) is 3.83. The van der Waals surface area contributed by atoms with E-state index in [4.69, 9.17) is 0 Å². The van der Waals surface area contributed by atoms with E-state index in [2.05, 4.69) is 27.2 Å². The van der Waals surface area contributed by atoms with E-state index in [1.165, 1.54) is 29.6 Å². The van der Waals surface area contributed by atoms with Gasteiger partial charge in [-0.15, -0.1) is 22.0 Å². The average molecular weight is 472 g/mol. The summed E-state index contributed by atoms with van der Waals surface area (Å²) < 4.78 is 15.0. The summed E-state index contributed by atoms with van der Waals surface area (Å²) in [4.78, 5) is 16.9. The van der Waals surface area contributed by atoms with Gasteiger partial charge in [-0.25, -0.2) is 4.39 Å². The maximum Gasteiger partial charge on any atom is 0.233 e. The van der Waals surface area contributed by atoms with Gasteiger partial charge in [0.15, 0.2) is 5.16 Å². The van der Waals surface area contributed by atoms with Crippen LogP contribution in [0.1, 0.15) is 11.4 Å². The van der Waals surface area contributed by atoms with Gasteiger partial charge >= 0.3 is 0 Å². The molecule has 2 aromatic carbocycles. The van der Waals surface area contributed by atoms with Crippen molar-refractivity contribution < 1.29 is 9.18 Å². The van der Waals surface area contributed by atoms with E-state index < -0.39 is 0 Å². The molecule has 0 aliphatic carbocycles. The Bertz CT molecular complexity index is 1020. The molecule has 1 fully saturated rings. The molecule has 1 aliphatic rings. The monoisotopic (exact) mass is 471 g/mol. The summed E-state index contributed by atoms with van der Waals surface area (Å²) in [6, 6.07) is 16.9. The molecule has 32 heavy (non-hydrogen) atoms. The number of anilines is 1. The van der Waals surface area contributed by atoms with E-state index in [-0.39, 0.29) is 11.7 Å². The number of para-hydroxylation sites is 1. The molecule has 0 N–H and O–H groups in total. The first kappa shape index (κ1) is 22.7. The van der Waals surface area contributed by atoms with Crippen molar-refractivity contribution in [3.8, 4) is 0 Å². The summed E-state index contributed by atoms with van der Waals surface area (Å²) in [7, 11) is 1.93. The smallest absolute Gasteiger partial charge is 0.233 e. The quantitative estimate of drug-likeness (QED) is 0.466. The number of aromatic nitrogens is 3. The number of hydrogen-bond donors (Lipinski definition) is 0. The average Bonchev–Trinajstić information content (AvgIpc) is 3.18. The van der Waals surface area contributed by atoms with E-state index in [0.717, 1.165) is 48.5 Å².